The van der Waals surface area contributed by atoms with Crippen LogP contribution in [0.5, 0.6) is 5.75 Å². The predicted molar refractivity (Wildman–Crippen MR) is 77.7 cm³/mol. The van der Waals surface area contributed by atoms with Crippen molar-refractivity contribution in [2.45, 2.75) is 25.7 Å². The molecule has 21 heavy (non-hydrogen) atoms. The number of hydrogen-bond acceptors (Lipinski definition) is 4. The number of nitrogens with one attached hydrogen (secondary N) is 1. The van der Waals surface area contributed by atoms with Gasteiger partial charge in [0.1, 0.15) is 5.75 Å². The Morgan fingerprint density at radius 2 is 2.24 bits per heavy atom. The largest absolute Gasteiger partial charge is 0.492 e. The highest BCUT2D eigenvalue weighted by molar-refractivity contribution is 6.32. The van der Waals surface area contributed by atoms with Crippen molar-refractivity contribution >= 4 is 29.2 Å². The van der Waals surface area contributed by atoms with Crippen LogP contribution in [0.25, 0.3) is 0 Å². The molecule has 1 heterocycles. The van der Waals surface area contributed by atoms with Gasteiger partial charge in [0.05, 0.1) is 17.3 Å². The Bertz CT molecular complexity index is 586. The van der Waals surface area contributed by atoms with Gasteiger partial charge in [-0.05, 0) is 30.2 Å². The molecule has 1 aliphatic rings. The molecule has 0 bridgehead atoms. The van der Waals surface area contributed by atoms with Crippen molar-refractivity contribution in [1.29, 1.82) is 0 Å². The van der Waals surface area contributed by atoms with E-state index < -0.39 is 5.97 Å². The molecule has 1 amide bonds. The summed E-state index contributed by atoms with van der Waals surface area (Å²) in [5.41, 5.74) is 4.04. The molecule has 0 saturated heterocycles. The van der Waals surface area contributed by atoms with Gasteiger partial charge in [-0.2, -0.15) is 5.10 Å². The molecule has 1 aromatic carbocycles. The van der Waals surface area contributed by atoms with E-state index in [4.69, 9.17) is 21.4 Å². The summed E-state index contributed by atoms with van der Waals surface area (Å²) in [6, 6.07) is 5.26. The molecule has 0 aliphatic carbocycles. The van der Waals surface area contributed by atoms with E-state index in [1.807, 2.05) is 6.07 Å². The zero-order valence-corrected chi connectivity index (χ0v) is 12.0. The van der Waals surface area contributed by atoms with E-state index in [1.54, 1.807) is 12.1 Å². The maximum atomic E-state index is 11.0. The van der Waals surface area contributed by atoms with Crippen LogP contribution in [-0.4, -0.2) is 29.3 Å². The van der Waals surface area contributed by atoms with Crippen LogP contribution in [-0.2, 0) is 9.59 Å². The fraction of sp³-hybridized carbons (Fsp3) is 0.357. The SMILES string of the molecule is O=C(O)CCCOc1ccc(C2=NNC(=O)CC2)cc1Cl. The lowest BCUT2D eigenvalue weighted by atomic mass is 10.0. The van der Waals surface area contributed by atoms with Gasteiger partial charge in [-0.25, -0.2) is 5.43 Å². The molecular formula is C14H15ClN2O4. The van der Waals surface area contributed by atoms with Crippen LogP contribution in [0.3, 0.4) is 0 Å². The van der Waals surface area contributed by atoms with Crippen molar-refractivity contribution in [3.63, 3.8) is 0 Å². The Kier molecular flexibility index (Phi) is 5.16. The van der Waals surface area contributed by atoms with Gasteiger partial charge in [0, 0.05) is 19.3 Å². The van der Waals surface area contributed by atoms with E-state index in [9.17, 15) is 9.59 Å². The van der Waals surface area contributed by atoms with Gasteiger partial charge in [0.25, 0.3) is 0 Å². The fourth-order valence-electron chi connectivity index (χ4n) is 1.89. The molecule has 0 saturated carbocycles. The smallest absolute Gasteiger partial charge is 0.303 e. The topological polar surface area (TPSA) is 88.0 Å². The third-order valence-electron chi connectivity index (χ3n) is 2.96. The highest BCUT2D eigenvalue weighted by Crippen LogP contribution is 2.26. The molecule has 6 nitrogen and oxygen atoms in total. The van der Waals surface area contributed by atoms with Gasteiger partial charge >= 0.3 is 5.97 Å². The molecule has 0 atom stereocenters. The standard InChI is InChI=1S/C14H15ClN2O4/c15-10-8-9(11-4-6-13(18)17-16-11)3-5-12(10)21-7-1-2-14(19)20/h3,5,8H,1-2,4,6-7H2,(H,17,18)(H,19,20). The fourth-order valence-corrected chi connectivity index (χ4v) is 2.12. The van der Waals surface area contributed by atoms with Gasteiger partial charge in [0.15, 0.2) is 0 Å². The van der Waals surface area contributed by atoms with Crippen molar-refractivity contribution in [2.24, 2.45) is 5.10 Å². The number of nitrogens with zero attached hydrogens (tertiary/aromatic N) is 1. The third-order valence-corrected chi connectivity index (χ3v) is 3.26. The molecule has 7 heteroatoms. The summed E-state index contributed by atoms with van der Waals surface area (Å²) >= 11 is 6.14. The number of hydrazone groups is 1. The molecule has 0 radical (unpaired) electrons. The minimum Gasteiger partial charge on any atom is -0.492 e. The number of benzene rings is 1. The quantitative estimate of drug-likeness (QED) is 0.788. The lowest BCUT2D eigenvalue weighted by Gasteiger charge is -2.13. The molecule has 2 N–H and O–H groups in total. The number of amides is 1. The van der Waals surface area contributed by atoms with Crippen molar-refractivity contribution in [1.82, 2.24) is 5.43 Å². The molecule has 0 fully saturated rings. The van der Waals surface area contributed by atoms with Crippen LogP contribution < -0.4 is 10.2 Å². The molecule has 0 unspecified atom stereocenters. The van der Waals surface area contributed by atoms with E-state index in [2.05, 4.69) is 10.5 Å². The number of carbonyl (C=O) groups is 2. The van der Waals surface area contributed by atoms with Gasteiger partial charge in [-0.15, -0.1) is 0 Å². The second-order valence-electron chi connectivity index (χ2n) is 4.58. The molecule has 2 rings (SSSR count). The highest BCUT2D eigenvalue weighted by Gasteiger charge is 2.14. The molecule has 112 valence electrons. The van der Waals surface area contributed by atoms with Crippen LogP contribution in [0, 0.1) is 0 Å². The number of halogens is 1. The van der Waals surface area contributed by atoms with E-state index in [-0.39, 0.29) is 12.3 Å². The summed E-state index contributed by atoms with van der Waals surface area (Å²) in [7, 11) is 0. The molecule has 1 aliphatic heterocycles. The van der Waals surface area contributed by atoms with Gasteiger partial charge in [0.2, 0.25) is 5.91 Å². The number of hydrogen-bond donors (Lipinski definition) is 2. The third kappa shape index (κ3) is 4.46. The van der Waals surface area contributed by atoms with E-state index >= 15 is 0 Å². The second kappa shape index (κ2) is 7.08. The first-order valence-corrected chi connectivity index (χ1v) is 6.94. The predicted octanol–water partition coefficient (Wildman–Crippen LogP) is 2.20. The summed E-state index contributed by atoms with van der Waals surface area (Å²) in [6.45, 7) is 0.294. The zero-order valence-electron chi connectivity index (χ0n) is 11.3. The Hall–Kier alpha value is -2.08. The van der Waals surface area contributed by atoms with E-state index in [1.165, 1.54) is 0 Å². The molecular weight excluding hydrogens is 296 g/mol. The molecule has 1 aromatic rings. The van der Waals surface area contributed by atoms with Crippen LogP contribution in [0.15, 0.2) is 23.3 Å². The Morgan fingerprint density at radius 1 is 1.43 bits per heavy atom. The Labute approximate surface area is 126 Å². The van der Waals surface area contributed by atoms with Crippen molar-refractivity contribution in [2.75, 3.05) is 6.61 Å². The maximum absolute atomic E-state index is 11.0. The van der Waals surface area contributed by atoms with Crippen molar-refractivity contribution in [3.8, 4) is 5.75 Å². The number of rotatable bonds is 6. The zero-order chi connectivity index (χ0) is 15.2. The summed E-state index contributed by atoms with van der Waals surface area (Å²) in [4.78, 5) is 21.4. The number of ether oxygens (including phenoxy) is 1. The Morgan fingerprint density at radius 3 is 2.86 bits per heavy atom. The summed E-state index contributed by atoms with van der Waals surface area (Å²) in [6.07, 6.45) is 1.46. The summed E-state index contributed by atoms with van der Waals surface area (Å²) in [5, 5.41) is 13.0. The van der Waals surface area contributed by atoms with E-state index in [0.29, 0.717) is 36.6 Å². The first-order chi connectivity index (χ1) is 10.1. The minimum atomic E-state index is -0.850. The van der Waals surface area contributed by atoms with Crippen LogP contribution in [0.4, 0.5) is 0 Å². The van der Waals surface area contributed by atoms with Gasteiger partial charge in [-0.1, -0.05) is 11.6 Å². The van der Waals surface area contributed by atoms with Gasteiger partial charge in [-0.3, -0.25) is 9.59 Å². The lowest BCUT2D eigenvalue weighted by Crippen LogP contribution is -2.25. The highest BCUT2D eigenvalue weighted by atomic mass is 35.5. The Balaban J connectivity index is 1.97. The monoisotopic (exact) mass is 310 g/mol. The number of carboxylic acids is 1. The van der Waals surface area contributed by atoms with Crippen LogP contribution in [0.2, 0.25) is 5.02 Å². The van der Waals surface area contributed by atoms with Crippen LogP contribution >= 0.6 is 11.6 Å². The van der Waals surface area contributed by atoms with Crippen molar-refractivity contribution < 1.29 is 19.4 Å². The summed E-state index contributed by atoms with van der Waals surface area (Å²) in [5.74, 6) is -0.438. The average molecular weight is 311 g/mol. The van der Waals surface area contributed by atoms with Gasteiger partial charge < -0.3 is 9.84 Å². The van der Waals surface area contributed by atoms with Crippen LogP contribution in [0.1, 0.15) is 31.2 Å². The van der Waals surface area contributed by atoms with E-state index in [0.717, 1.165) is 11.3 Å². The second-order valence-corrected chi connectivity index (χ2v) is 4.99. The number of aliphatic carboxylic acids is 1. The minimum absolute atomic E-state index is 0.0617. The maximum Gasteiger partial charge on any atom is 0.303 e. The number of carbonyl (C=O) groups excluding carboxylic acids is 1. The molecule has 0 spiro atoms. The first kappa shape index (κ1) is 15.3. The summed E-state index contributed by atoms with van der Waals surface area (Å²) < 4.78 is 5.44. The lowest BCUT2D eigenvalue weighted by molar-refractivity contribution is -0.137. The first-order valence-electron chi connectivity index (χ1n) is 6.56. The van der Waals surface area contributed by atoms with Crippen molar-refractivity contribution in [3.05, 3.63) is 28.8 Å². The normalized spacial score (nSPS) is 14.3. The molecule has 0 aromatic heterocycles. The number of carboxylic acid groups (broad SMARTS) is 1. The average Bonchev–Trinajstić information content (AvgIpc) is 2.45.